The first-order valence-electron chi connectivity index (χ1n) is 11.7. The van der Waals surface area contributed by atoms with Gasteiger partial charge in [-0.2, -0.15) is 0 Å². The normalized spacial score (nSPS) is 37.1. The summed E-state index contributed by atoms with van der Waals surface area (Å²) < 4.78 is 5.47. The lowest BCUT2D eigenvalue weighted by Gasteiger charge is -2.55. The molecular formula is C27H31NO3. The van der Waals surface area contributed by atoms with E-state index in [9.17, 15) is 9.90 Å². The second-order valence-electron chi connectivity index (χ2n) is 10.5. The van der Waals surface area contributed by atoms with Crippen LogP contribution in [-0.2, 0) is 6.42 Å². The Labute approximate surface area is 184 Å². The van der Waals surface area contributed by atoms with Gasteiger partial charge in [0, 0.05) is 11.7 Å². The molecule has 4 nitrogen and oxygen atoms in total. The van der Waals surface area contributed by atoms with Crippen molar-refractivity contribution in [3.05, 3.63) is 59.7 Å². The Balaban J connectivity index is 1.37. The third-order valence-corrected chi connectivity index (χ3v) is 9.61. The molecule has 0 aromatic heterocycles. The van der Waals surface area contributed by atoms with Crippen molar-refractivity contribution in [2.45, 2.75) is 57.4 Å². The number of para-hydroxylation sites is 1. The number of hydrogen-bond donors (Lipinski definition) is 1. The Hall–Kier alpha value is -2.49. The predicted octanol–water partition coefficient (Wildman–Crippen LogP) is 6.10. The molecular weight excluding hydrogens is 386 g/mol. The van der Waals surface area contributed by atoms with Crippen LogP contribution in [-0.4, -0.2) is 24.4 Å². The maximum Gasteiger partial charge on any atom is 0.412 e. The highest BCUT2D eigenvalue weighted by molar-refractivity contribution is 5.87. The van der Waals surface area contributed by atoms with E-state index in [4.69, 9.17) is 4.74 Å². The predicted molar refractivity (Wildman–Crippen MR) is 121 cm³/mol. The number of fused-ring (bicyclic) bond motifs is 3. The largest absolute Gasteiger partial charge is 0.497 e. The number of methoxy groups -OCH3 is 1. The van der Waals surface area contributed by atoms with E-state index in [1.807, 2.05) is 30.3 Å². The smallest absolute Gasteiger partial charge is 0.412 e. The van der Waals surface area contributed by atoms with E-state index in [1.165, 1.54) is 24.0 Å². The standard InChI is InChI=1S/C27H31NO3/c1-26-13-12-22-21-10-9-20(31-2)14-17(21)8-11-23(22)27(26)16-18(27)15-24(26)28(25(29)30)19-6-4-3-5-7-19/h3-7,9-10,14,18,22-24H,8,11-13,15-16H2,1-2H3,(H,29,30)/t18-,22+,23+,24-,26+,27+/m0/s1. The zero-order chi connectivity index (χ0) is 21.4. The molecule has 2 aromatic rings. The molecule has 31 heavy (non-hydrogen) atoms. The van der Waals surface area contributed by atoms with Gasteiger partial charge in [-0.15, -0.1) is 0 Å². The van der Waals surface area contributed by atoms with Gasteiger partial charge in [-0.25, -0.2) is 4.79 Å². The van der Waals surface area contributed by atoms with Gasteiger partial charge >= 0.3 is 6.09 Å². The number of hydrogen-bond acceptors (Lipinski definition) is 2. The van der Waals surface area contributed by atoms with Gasteiger partial charge < -0.3 is 9.84 Å². The first kappa shape index (κ1) is 19.2. The Morgan fingerprint density at radius 2 is 1.97 bits per heavy atom. The molecule has 3 fully saturated rings. The number of rotatable bonds is 3. The highest BCUT2D eigenvalue weighted by atomic mass is 16.5. The molecule has 2 aromatic carbocycles. The van der Waals surface area contributed by atoms with Crippen LogP contribution in [0.5, 0.6) is 5.75 Å². The van der Waals surface area contributed by atoms with E-state index in [1.54, 1.807) is 12.0 Å². The van der Waals surface area contributed by atoms with Crippen LogP contribution in [0.4, 0.5) is 10.5 Å². The van der Waals surface area contributed by atoms with Gasteiger partial charge in [-0.05, 0) is 103 Å². The van der Waals surface area contributed by atoms with Gasteiger partial charge in [0.1, 0.15) is 5.75 Å². The molecule has 6 rings (SSSR count). The van der Waals surface area contributed by atoms with Crippen molar-refractivity contribution in [2.24, 2.45) is 22.7 Å². The number of nitrogens with zero attached hydrogens (tertiary/aromatic N) is 1. The summed E-state index contributed by atoms with van der Waals surface area (Å²) in [5.74, 6) is 2.91. The zero-order valence-electron chi connectivity index (χ0n) is 18.4. The monoisotopic (exact) mass is 417 g/mol. The number of carbonyl (C=O) groups is 1. The SMILES string of the molecule is COc1ccc2c(c1)CC[C@@H]1[C@@H]2CC[C@]2(C)[C@@H](N(C(=O)O)c3ccccc3)C[C@H]3C[C@@]312. The molecule has 0 aliphatic heterocycles. The van der Waals surface area contributed by atoms with E-state index >= 15 is 0 Å². The molecule has 4 aliphatic rings. The molecule has 0 radical (unpaired) electrons. The Morgan fingerprint density at radius 3 is 2.71 bits per heavy atom. The second-order valence-corrected chi connectivity index (χ2v) is 10.5. The van der Waals surface area contributed by atoms with Gasteiger partial charge in [0.2, 0.25) is 0 Å². The van der Waals surface area contributed by atoms with Gasteiger partial charge in [-0.3, -0.25) is 4.90 Å². The summed E-state index contributed by atoms with van der Waals surface area (Å²) in [5, 5.41) is 10.2. The number of carboxylic acid groups (broad SMARTS) is 1. The molecule has 0 saturated heterocycles. The molecule has 1 amide bonds. The van der Waals surface area contributed by atoms with Crippen LogP contribution in [0.25, 0.3) is 0 Å². The van der Waals surface area contributed by atoms with Crippen LogP contribution >= 0.6 is 0 Å². The van der Waals surface area contributed by atoms with Crippen molar-refractivity contribution in [3.8, 4) is 5.75 Å². The van der Waals surface area contributed by atoms with Crippen LogP contribution in [0.3, 0.4) is 0 Å². The zero-order valence-corrected chi connectivity index (χ0v) is 18.4. The molecule has 4 aliphatic carbocycles. The molecule has 3 saturated carbocycles. The van der Waals surface area contributed by atoms with Gasteiger partial charge in [0.05, 0.1) is 7.11 Å². The van der Waals surface area contributed by atoms with Crippen molar-refractivity contribution >= 4 is 11.8 Å². The third-order valence-electron chi connectivity index (χ3n) is 9.61. The van der Waals surface area contributed by atoms with Crippen LogP contribution in [0, 0.1) is 22.7 Å². The van der Waals surface area contributed by atoms with Crippen molar-refractivity contribution < 1.29 is 14.6 Å². The van der Waals surface area contributed by atoms with Crippen molar-refractivity contribution in [3.63, 3.8) is 0 Å². The molecule has 1 spiro atoms. The van der Waals surface area contributed by atoms with Crippen LogP contribution < -0.4 is 9.64 Å². The molecule has 0 bridgehead atoms. The number of anilines is 1. The van der Waals surface area contributed by atoms with E-state index < -0.39 is 6.09 Å². The molecule has 4 heteroatoms. The molecule has 6 atom stereocenters. The summed E-state index contributed by atoms with van der Waals surface area (Å²) >= 11 is 0. The summed E-state index contributed by atoms with van der Waals surface area (Å²) in [6.07, 6.45) is 6.10. The maximum absolute atomic E-state index is 12.4. The highest BCUT2D eigenvalue weighted by Gasteiger charge is 2.77. The fourth-order valence-electron chi connectivity index (χ4n) is 8.31. The summed E-state index contributed by atoms with van der Waals surface area (Å²) in [7, 11) is 1.74. The molecule has 162 valence electrons. The summed E-state index contributed by atoms with van der Waals surface area (Å²) in [5.41, 5.74) is 4.17. The van der Waals surface area contributed by atoms with Crippen LogP contribution in [0.2, 0.25) is 0 Å². The van der Waals surface area contributed by atoms with E-state index in [0.717, 1.165) is 37.1 Å². The number of ether oxygens (including phenoxy) is 1. The van der Waals surface area contributed by atoms with Crippen LogP contribution in [0.15, 0.2) is 48.5 Å². The minimum absolute atomic E-state index is 0.0526. The van der Waals surface area contributed by atoms with Crippen molar-refractivity contribution in [2.75, 3.05) is 12.0 Å². The second kappa shape index (κ2) is 6.51. The Bertz CT molecular complexity index is 1040. The maximum atomic E-state index is 12.4. The molecule has 0 heterocycles. The lowest BCUT2D eigenvalue weighted by atomic mass is 9.52. The van der Waals surface area contributed by atoms with E-state index in [2.05, 4.69) is 25.1 Å². The average molecular weight is 418 g/mol. The van der Waals surface area contributed by atoms with Gasteiger partial charge in [0.25, 0.3) is 0 Å². The van der Waals surface area contributed by atoms with Crippen molar-refractivity contribution in [1.82, 2.24) is 0 Å². The number of amides is 1. The van der Waals surface area contributed by atoms with Gasteiger partial charge in [0.15, 0.2) is 0 Å². The third kappa shape index (κ3) is 2.45. The highest BCUT2D eigenvalue weighted by Crippen LogP contribution is 2.82. The van der Waals surface area contributed by atoms with Crippen LogP contribution in [0.1, 0.15) is 56.1 Å². The Morgan fingerprint density at radius 1 is 1.16 bits per heavy atom. The Kier molecular flexibility index (Phi) is 4.03. The minimum Gasteiger partial charge on any atom is -0.497 e. The fourth-order valence-corrected chi connectivity index (χ4v) is 8.31. The first-order chi connectivity index (χ1) is 15.0. The van der Waals surface area contributed by atoms with Crippen molar-refractivity contribution in [1.29, 1.82) is 0 Å². The van der Waals surface area contributed by atoms with E-state index in [-0.39, 0.29) is 11.5 Å². The summed E-state index contributed by atoms with van der Waals surface area (Å²) in [6, 6.07) is 16.5. The summed E-state index contributed by atoms with van der Waals surface area (Å²) in [4.78, 5) is 14.1. The number of aryl methyl sites for hydroxylation is 1. The fraction of sp³-hybridized carbons (Fsp3) is 0.519. The molecule has 1 N–H and O–H groups in total. The average Bonchev–Trinajstić information content (AvgIpc) is 3.44. The first-order valence-corrected chi connectivity index (χ1v) is 11.7. The van der Waals surface area contributed by atoms with Gasteiger partial charge in [-0.1, -0.05) is 31.2 Å². The molecule has 0 unspecified atom stereocenters. The topological polar surface area (TPSA) is 49.8 Å². The number of benzene rings is 2. The lowest BCUT2D eigenvalue weighted by molar-refractivity contribution is 0.00874. The summed E-state index contributed by atoms with van der Waals surface area (Å²) in [6.45, 7) is 2.42. The lowest BCUT2D eigenvalue weighted by Crippen LogP contribution is -2.54. The minimum atomic E-state index is -0.808. The van der Waals surface area contributed by atoms with E-state index in [0.29, 0.717) is 23.2 Å². The quantitative estimate of drug-likeness (QED) is 0.656.